The lowest BCUT2D eigenvalue weighted by molar-refractivity contribution is -0.112. The SMILES string of the molecule is COC(=O)c1cccc(-n2c(C)cc(C=C(C#N)C(=O)Nc3ccc4ccccc4c3)c2C)c1. The molecule has 34 heavy (non-hydrogen) atoms. The normalized spacial score (nSPS) is 11.2. The van der Waals surface area contributed by atoms with Crippen molar-refractivity contribution in [3.05, 3.63) is 101 Å². The van der Waals surface area contributed by atoms with Crippen LogP contribution >= 0.6 is 0 Å². The predicted octanol–water partition coefficient (Wildman–Crippen LogP) is 5.58. The van der Waals surface area contributed by atoms with Gasteiger partial charge in [0.15, 0.2) is 0 Å². The van der Waals surface area contributed by atoms with Gasteiger partial charge < -0.3 is 14.6 Å². The molecule has 168 valence electrons. The molecule has 4 rings (SSSR count). The molecular weight excluding hydrogens is 426 g/mol. The van der Waals surface area contributed by atoms with Crippen LogP contribution in [0.5, 0.6) is 0 Å². The molecule has 0 atom stereocenters. The van der Waals surface area contributed by atoms with Gasteiger partial charge in [0.05, 0.1) is 12.7 Å². The molecule has 0 aliphatic rings. The standard InChI is InChI=1S/C28H23N3O3/c1-18-13-23(19(2)31(18)26-10-6-9-22(16-26)28(33)34-3)14-24(17-29)27(32)30-25-12-11-20-7-4-5-8-21(20)15-25/h4-16H,1-3H3,(H,30,32). The van der Waals surface area contributed by atoms with Gasteiger partial charge in [-0.1, -0.05) is 36.4 Å². The highest BCUT2D eigenvalue weighted by Crippen LogP contribution is 2.24. The lowest BCUT2D eigenvalue weighted by atomic mass is 10.1. The maximum atomic E-state index is 12.8. The van der Waals surface area contributed by atoms with Gasteiger partial charge in [0.1, 0.15) is 11.6 Å². The van der Waals surface area contributed by atoms with E-state index in [0.717, 1.165) is 33.4 Å². The van der Waals surface area contributed by atoms with Gasteiger partial charge in [-0.25, -0.2) is 4.79 Å². The maximum absolute atomic E-state index is 12.8. The van der Waals surface area contributed by atoms with Crippen molar-refractivity contribution >= 4 is 34.4 Å². The lowest BCUT2D eigenvalue weighted by Gasteiger charge is -2.11. The fraction of sp³-hybridized carbons (Fsp3) is 0.107. The van der Waals surface area contributed by atoms with Crippen molar-refractivity contribution in [3.8, 4) is 11.8 Å². The molecule has 1 N–H and O–H groups in total. The highest BCUT2D eigenvalue weighted by atomic mass is 16.5. The summed E-state index contributed by atoms with van der Waals surface area (Å²) in [6.07, 6.45) is 1.58. The summed E-state index contributed by atoms with van der Waals surface area (Å²) in [5.74, 6) is -0.892. The summed E-state index contributed by atoms with van der Waals surface area (Å²) in [6.45, 7) is 3.83. The van der Waals surface area contributed by atoms with Crippen molar-refractivity contribution in [2.24, 2.45) is 0 Å². The summed E-state index contributed by atoms with van der Waals surface area (Å²) >= 11 is 0. The Labute approximate surface area is 197 Å². The van der Waals surface area contributed by atoms with Gasteiger partial charge >= 0.3 is 5.97 Å². The quantitative estimate of drug-likeness (QED) is 0.245. The average Bonchev–Trinajstić information content (AvgIpc) is 3.14. The first-order valence-electron chi connectivity index (χ1n) is 10.7. The third kappa shape index (κ3) is 4.45. The summed E-state index contributed by atoms with van der Waals surface area (Å²) in [4.78, 5) is 24.8. The topological polar surface area (TPSA) is 84.1 Å². The Hall–Kier alpha value is -4.63. The van der Waals surface area contributed by atoms with Crippen LogP contribution in [0.15, 0.2) is 78.4 Å². The largest absolute Gasteiger partial charge is 0.465 e. The minimum absolute atomic E-state index is 0.00304. The number of nitriles is 1. The predicted molar refractivity (Wildman–Crippen MR) is 133 cm³/mol. The molecule has 1 amide bonds. The zero-order valence-electron chi connectivity index (χ0n) is 19.1. The van der Waals surface area contributed by atoms with Crippen LogP contribution in [0.2, 0.25) is 0 Å². The van der Waals surface area contributed by atoms with Crippen molar-refractivity contribution in [3.63, 3.8) is 0 Å². The van der Waals surface area contributed by atoms with Gasteiger partial charge in [-0.05, 0) is 72.7 Å². The Balaban J connectivity index is 1.64. The number of rotatable bonds is 5. The number of hydrogen-bond acceptors (Lipinski definition) is 4. The summed E-state index contributed by atoms with van der Waals surface area (Å²) in [5.41, 5.74) is 4.33. The van der Waals surface area contributed by atoms with Gasteiger partial charge in [0.2, 0.25) is 0 Å². The molecule has 4 aromatic rings. The molecule has 0 aliphatic carbocycles. The smallest absolute Gasteiger partial charge is 0.337 e. The van der Waals surface area contributed by atoms with E-state index in [1.807, 2.05) is 79.1 Å². The molecule has 0 unspecified atom stereocenters. The van der Waals surface area contributed by atoms with E-state index in [1.54, 1.807) is 24.3 Å². The number of aryl methyl sites for hydroxylation is 1. The van der Waals surface area contributed by atoms with Crippen LogP contribution in [0.3, 0.4) is 0 Å². The Morgan fingerprint density at radius 1 is 0.971 bits per heavy atom. The average molecular weight is 450 g/mol. The zero-order chi connectivity index (χ0) is 24.2. The highest BCUT2D eigenvalue weighted by molar-refractivity contribution is 6.10. The Morgan fingerprint density at radius 2 is 1.74 bits per heavy atom. The number of nitrogens with one attached hydrogen (secondary N) is 1. The number of ether oxygens (including phenoxy) is 1. The van der Waals surface area contributed by atoms with Crippen molar-refractivity contribution < 1.29 is 14.3 Å². The molecular formula is C28H23N3O3. The number of benzene rings is 3. The minimum Gasteiger partial charge on any atom is -0.465 e. The second-order valence-corrected chi connectivity index (χ2v) is 7.89. The molecule has 0 radical (unpaired) electrons. The molecule has 6 heteroatoms. The molecule has 0 saturated carbocycles. The van der Waals surface area contributed by atoms with Crippen LogP contribution in [0.25, 0.3) is 22.5 Å². The third-order valence-corrected chi connectivity index (χ3v) is 5.67. The number of carbonyl (C=O) groups is 2. The summed E-state index contributed by atoms with van der Waals surface area (Å²) < 4.78 is 6.79. The first-order valence-corrected chi connectivity index (χ1v) is 10.7. The van der Waals surface area contributed by atoms with Crippen LogP contribution in [0, 0.1) is 25.2 Å². The van der Waals surface area contributed by atoms with Crippen molar-refractivity contribution in [1.82, 2.24) is 4.57 Å². The van der Waals surface area contributed by atoms with Gasteiger partial charge in [0.25, 0.3) is 5.91 Å². The van der Waals surface area contributed by atoms with E-state index in [-0.39, 0.29) is 5.57 Å². The Bertz CT molecular complexity index is 1490. The van der Waals surface area contributed by atoms with E-state index in [9.17, 15) is 14.9 Å². The number of esters is 1. The second-order valence-electron chi connectivity index (χ2n) is 7.89. The van der Waals surface area contributed by atoms with Gasteiger partial charge in [-0.3, -0.25) is 4.79 Å². The van der Waals surface area contributed by atoms with E-state index in [4.69, 9.17) is 4.74 Å². The fourth-order valence-electron chi connectivity index (χ4n) is 3.99. The molecule has 0 saturated heterocycles. The van der Waals surface area contributed by atoms with Gasteiger partial charge in [0, 0.05) is 22.8 Å². The van der Waals surface area contributed by atoms with E-state index >= 15 is 0 Å². The van der Waals surface area contributed by atoms with Gasteiger partial charge in [-0.2, -0.15) is 5.26 Å². The van der Waals surface area contributed by atoms with Crippen LogP contribution in [0.4, 0.5) is 5.69 Å². The second kappa shape index (κ2) is 9.47. The van der Waals surface area contributed by atoms with Crippen molar-refractivity contribution in [1.29, 1.82) is 5.26 Å². The summed E-state index contributed by atoms with van der Waals surface area (Å²) in [6, 6.07) is 24.5. The lowest BCUT2D eigenvalue weighted by Crippen LogP contribution is -2.13. The Morgan fingerprint density at radius 3 is 2.47 bits per heavy atom. The first-order chi connectivity index (χ1) is 16.4. The molecule has 0 aliphatic heterocycles. The molecule has 1 heterocycles. The zero-order valence-corrected chi connectivity index (χ0v) is 19.1. The number of anilines is 1. The van der Waals surface area contributed by atoms with Crippen molar-refractivity contribution in [2.75, 3.05) is 12.4 Å². The minimum atomic E-state index is -0.477. The number of hydrogen-bond donors (Lipinski definition) is 1. The fourth-order valence-corrected chi connectivity index (χ4v) is 3.99. The van der Waals surface area contributed by atoms with E-state index < -0.39 is 11.9 Å². The van der Waals surface area contributed by atoms with Gasteiger partial charge in [-0.15, -0.1) is 0 Å². The monoisotopic (exact) mass is 449 g/mol. The first kappa shape index (κ1) is 22.6. The third-order valence-electron chi connectivity index (χ3n) is 5.67. The molecule has 3 aromatic carbocycles. The number of carbonyl (C=O) groups excluding carboxylic acids is 2. The highest BCUT2D eigenvalue weighted by Gasteiger charge is 2.15. The number of fused-ring (bicyclic) bond motifs is 1. The van der Waals surface area contributed by atoms with Crippen LogP contribution in [0.1, 0.15) is 27.3 Å². The summed E-state index contributed by atoms with van der Waals surface area (Å²) in [7, 11) is 1.34. The van der Waals surface area contributed by atoms with E-state index in [2.05, 4.69) is 5.32 Å². The number of aromatic nitrogens is 1. The molecule has 0 bridgehead atoms. The maximum Gasteiger partial charge on any atom is 0.337 e. The number of nitrogens with zero attached hydrogens (tertiary/aromatic N) is 2. The van der Waals surface area contributed by atoms with E-state index in [1.165, 1.54) is 7.11 Å². The van der Waals surface area contributed by atoms with Crippen LogP contribution in [-0.4, -0.2) is 23.6 Å². The molecule has 6 nitrogen and oxygen atoms in total. The van der Waals surface area contributed by atoms with Crippen molar-refractivity contribution in [2.45, 2.75) is 13.8 Å². The number of methoxy groups -OCH3 is 1. The molecule has 0 fully saturated rings. The number of amides is 1. The summed E-state index contributed by atoms with van der Waals surface area (Å²) in [5, 5.41) is 14.6. The van der Waals surface area contributed by atoms with Crippen LogP contribution < -0.4 is 5.32 Å². The Kier molecular flexibility index (Phi) is 6.28. The molecule has 1 aromatic heterocycles. The van der Waals surface area contributed by atoms with Crippen LogP contribution in [-0.2, 0) is 9.53 Å². The van der Waals surface area contributed by atoms with E-state index in [0.29, 0.717) is 11.3 Å². The molecule has 0 spiro atoms.